The monoisotopic (exact) mass is 330 g/mol. The van der Waals surface area contributed by atoms with E-state index in [1.165, 1.54) is 30.9 Å². The molecule has 0 radical (unpaired) electrons. The molecule has 1 saturated carbocycles. The molecule has 2 aliphatic rings. The molecule has 1 aromatic rings. The average molecular weight is 330 g/mol. The number of hydrogen-bond donors (Lipinski definition) is 1. The first-order valence-electron chi connectivity index (χ1n) is 7.46. The summed E-state index contributed by atoms with van der Waals surface area (Å²) in [5.41, 5.74) is 5.79. The largest absolute Gasteiger partial charge is 0.382 e. The van der Waals surface area contributed by atoms with Crippen LogP contribution < -0.4 is 10.6 Å². The van der Waals surface area contributed by atoms with Crippen LogP contribution in [-0.4, -0.2) is 56.2 Å². The third-order valence-corrected chi connectivity index (χ3v) is 7.06. The second kappa shape index (κ2) is 5.73. The number of anilines is 2. The van der Waals surface area contributed by atoms with Crippen molar-refractivity contribution in [1.29, 1.82) is 0 Å². The summed E-state index contributed by atoms with van der Waals surface area (Å²) in [5, 5.41) is 0.723. The number of hydrogen-bond acceptors (Lipinski definition) is 7. The SMILES string of the molecule is CCS(=O)(=O)c1c(N)nsc1N1CCN(CC2CC2)CC1. The Morgan fingerprint density at radius 3 is 2.52 bits per heavy atom. The van der Waals surface area contributed by atoms with Crippen LogP contribution >= 0.6 is 11.5 Å². The quantitative estimate of drug-likeness (QED) is 0.869. The predicted molar refractivity (Wildman–Crippen MR) is 85.6 cm³/mol. The Balaban J connectivity index is 1.73. The van der Waals surface area contributed by atoms with Crippen LogP contribution in [0.2, 0.25) is 0 Å². The van der Waals surface area contributed by atoms with Crippen molar-refractivity contribution in [2.75, 3.05) is 49.1 Å². The van der Waals surface area contributed by atoms with Crippen LogP contribution in [-0.2, 0) is 9.84 Å². The van der Waals surface area contributed by atoms with Crippen LogP contribution in [0.25, 0.3) is 0 Å². The number of piperazine rings is 1. The van der Waals surface area contributed by atoms with Gasteiger partial charge in [0.1, 0.15) is 9.90 Å². The molecule has 1 aliphatic heterocycles. The summed E-state index contributed by atoms with van der Waals surface area (Å²) >= 11 is 1.21. The second-order valence-corrected chi connectivity index (χ2v) is 8.80. The minimum absolute atomic E-state index is 0.0598. The summed E-state index contributed by atoms with van der Waals surface area (Å²) in [6.07, 6.45) is 2.73. The molecule has 1 saturated heterocycles. The van der Waals surface area contributed by atoms with Gasteiger partial charge >= 0.3 is 0 Å². The van der Waals surface area contributed by atoms with E-state index in [9.17, 15) is 8.42 Å². The summed E-state index contributed by atoms with van der Waals surface area (Å²) in [4.78, 5) is 4.85. The van der Waals surface area contributed by atoms with Gasteiger partial charge in [0.15, 0.2) is 15.7 Å². The number of sulfone groups is 1. The zero-order valence-electron chi connectivity index (χ0n) is 12.3. The van der Waals surface area contributed by atoms with Crippen molar-refractivity contribution in [2.24, 2.45) is 5.92 Å². The molecule has 0 amide bonds. The van der Waals surface area contributed by atoms with Crippen molar-refractivity contribution in [1.82, 2.24) is 9.27 Å². The van der Waals surface area contributed by atoms with Gasteiger partial charge in [0.05, 0.1) is 5.75 Å². The first-order chi connectivity index (χ1) is 10.0. The van der Waals surface area contributed by atoms with Gasteiger partial charge in [-0.1, -0.05) is 6.92 Å². The van der Waals surface area contributed by atoms with Crippen LogP contribution in [0.5, 0.6) is 0 Å². The molecule has 3 rings (SSSR count). The van der Waals surface area contributed by atoms with Gasteiger partial charge < -0.3 is 10.6 Å². The molecule has 0 spiro atoms. The van der Waals surface area contributed by atoms with E-state index >= 15 is 0 Å². The molecule has 2 heterocycles. The molecular formula is C13H22N4O2S2. The number of nitrogens with zero attached hydrogens (tertiary/aromatic N) is 3. The number of nitrogen functional groups attached to an aromatic ring is 1. The molecule has 118 valence electrons. The van der Waals surface area contributed by atoms with Crippen LogP contribution in [0.3, 0.4) is 0 Å². The van der Waals surface area contributed by atoms with Crippen molar-refractivity contribution >= 4 is 32.2 Å². The summed E-state index contributed by atoms with van der Waals surface area (Å²) in [5.74, 6) is 1.11. The Bertz CT molecular complexity index is 602. The molecule has 21 heavy (non-hydrogen) atoms. The maximum absolute atomic E-state index is 12.2. The van der Waals surface area contributed by atoms with E-state index in [2.05, 4.69) is 14.2 Å². The van der Waals surface area contributed by atoms with Gasteiger partial charge in [0.2, 0.25) is 0 Å². The van der Waals surface area contributed by atoms with Gasteiger partial charge in [0, 0.05) is 32.7 Å². The minimum atomic E-state index is -3.32. The number of rotatable bonds is 5. The lowest BCUT2D eigenvalue weighted by atomic mass is 10.3. The molecule has 6 nitrogen and oxygen atoms in total. The lowest BCUT2D eigenvalue weighted by Crippen LogP contribution is -2.47. The van der Waals surface area contributed by atoms with Crippen LogP contribution in [0, 0.1) is 5.92 Å². The average Bonchev–Trinajstić information content (AvgIpc) is 3.19. The first kappa shape index (κ1) is 15.1. The van der Waals surface area contributed by atoms with E-state index in [-0.39, 0.29) is 16.5 Å². The molecule has 0 unspecified atom stereocenters. The van der Waals surface area contributed by atoms with Gasteiger partial charge in [0.25, 0.3) is 0 Å². The van der Waals surface area contributed by atoms with Crippen LogP contribution in [0.4, 0.5) is 10.8 Å². The number of aromatic nitrogens is 1. The van der Waals surface area contributed by atoms with E-state index in [0.717, 1.165) is 37.1 Å². The molecule has 0 aromatic carbocycles. The van der Waals surface area contributed by atoms with E-state index in [1.807, 2.05) is 0 Å². The molecule has 2 fully saturated rings. The third kappa shape index (κ3) is 3.17. The highest BCUT2D eigenvalue weighted by atomic mass is 32.2. The Labute approximate surface area is 130 Å². The molecule has 1 aromatic heterocycles. The van der Waals surface area contributed by atoms with Crippen molar-refractivity contribution in [3.05, 3.63) is 0 Å². The van der Waals surface area contributed by atoms with Crippen molar-refractivity contribution in [2.45, 2.75) is 24.7 Å². The van der Waals surface area contributed by atoms with E-state index in [4.69, 9.17) is 5.73 Å². The topological polar surface area (TPSA) is 79.5 Å². The van der Waals surface area contributed by atoms with Gasteiger partial charge in [-0.05, 0) is 30.3 Å². The lowest BCUT2D eigenvalue weighted by Gasteiger charge is -2.35. The maximum Gasteiger partial charge on any atom is 0.184 e. The lowest BCUT2D eigenvalue weighted by molar-refractivity contribution is 0.248. The van der Waals surface area contributed by atoms with E-state index in [1.54, 1.807) is 6.92 Å². The second-order valence-electron chi connectivity index (χ2n) is 5.84. The van der Waals surface area contributed by atoms with Gasteiger partial charge in [-0.15, -0.1) is 0 Å². The minimum Gasteiger partial charge on any atom is -0.382 e. The fourth-order valence-corrected chi connectivity index (χ4v) is 5.08. The first-order valence-corrected chi connectivity index (χ1v) is 9.89. The predicted octanol–water partition coefficient (Wildman–Crippen LogP) is 1.05. The Morgan fingerprint density at radius 2 is 1.95 bits per heavy atom. The standard InChI is InChI=1S/C13H22N4O2S2/c1-2-21(18,19)11-12(14)15-20-13(11)17-7-5-16(6-8-17)9-10-3-4-10/h10H,2-9H2,1H3,(H2,14,15). The molecule has 2 N–H and O–H groups in total. The highest BCUT2D eigenvalue weighted by molar-refractivity contribution is 7.91. The normalized spacial score (nSPS) is 20.9. The highest BCUT2D eigenvalue weighted by Gasteiger charge is 2.30. The summed E-state index contributed by atoms with van der Waals surface area (Å²) in [7, 11) is -3.32. The van der Waals surface area contributed by atoms with Gasteiger partial charge in [-0.2, -0.15) is 4.37 Å². The Hall–Kier alpha value is -0.860. The molecule has 0 bridgehead atoms. The summed E-state index contributed by atoms with van der Waals surface area (Å²) in [6.45, 7) is 6.50. The zero-order chi connectivity index (χ0) is 15.0. The molecule has 8 heteroatoms. The van der Waals surface area contributed by atoms with Gasteiger partial charge in [-0.3, -0.25) is 4.90 Å². The highest BCUT2D eigenvalue weighted by Crippen LogP contribution is 2.36. The third-order valence-electron chi connectivity index (χ3n) is 4.22. The van der Waals surface area contributed by atoms with Crippen LogP contribution in [0.1, 0.15) is 19.8 Å². The van der Waals surface area contributed by atoms with E-state index in [0.29, 0.717) is 0 Å². The van der Waals surface area contributed by atoms with E-state index < -0.39 is 9.84 Å². The molecule has 0 atom stereocenters. The Morgan fingerprint density at radius 1 is 1.29 bits per heavy atom. The van der Waals surface area contributed by atoms with Crippen molar-refractivity contribution in [3.8, 4) is 0 Å². The number of nitrogens with two attached hydrogens (primary N) is 1. The fourth-order valence-electron chi connectivity index (χ4n) is 2.72. The smallest absolute Gasteiger partial charge is 0.184 e. The van der Waals surface area contributed by atoms with Crippen LogP contribution in [0.15, 0.2) is 4.90 Å². The Kier molecular flexibility index (Phi) is 4.11. The molecular weight excluding hydrogens is 308 g/mol. The molecule has 1 aliphatic carbocycles. The van der Waals surface area contributed by atoms with Crippen molar-refractivity contribution < 1.29 is 8.42 Å². The van der Waals surface area contributed by atoms with Crippen molar-refractivity contribution in [3.63, 3.8) is 0 Å². The fraction of sp³-hybridized carbons (Fsp3) is 0.769. The summed E-state index contributed by atoms with van der Waals surface area (Å²) < 4.78 is 28.5. The summed E-state index contributed by atoms with van der Waals surface area (Å²) in [6, 6.07) is 0. The van der Waals surface area contributed by atoms with Gasteiger partial charge in [-0.25, -0.2) is 8.42 Å². The maximum atomic E-state index is 12.2. The zero-order valence-corrected chi connectivity index (χ0v) is 13.9.